The van der Waals surface area contributed by atoms with Crippen LogP contribution < -0.4 is 11.1 Å². The van der Waals surface area contributed by atoms with Gasteiger partial charge in [-0.25, -0.2) is 4.98 Å². The third kappa shape index (κ3) is 2.70. The van der Waals surface area contributed by atoms with Crippen LogP contribution in [0.1, 0.15) is 9.75 Å². The summed E-state index contributed by atoms with van der Waals surface area (Å²) in [5, 5.41) is 3.23. The number of rotatable bonds is 3. The Kier molecular flexibility index (Phi) is 2.87. The second-order valence-electron chi connectivity index (χ2n) is 3.31. The van der Waals surface area contributed by atoms with Gasteiger partial charge in [-0.1, -0.05) is 6.07 Å². The molecule has 0 atom stereocenters. The highest BCUT2D eigenvalue weighted by atomic mass is 32.1. The van der Waals surface area contributed by atoms with Crippen LogP contribution in [0.3, 0.4) is 0 Å². The molecular formula is C11H13N3S. The predicted octanol–water partition coefficient (Wildman–Crippen LogP) is 2.65. The molecular weight excluding hydrogens is 206 g/mol. The fraction of sp³-hybridized carbons (Fsp3) is 0.182. The van der Waals surface area contributed by atoms with E-state index in [0.29, 0.717) is 5.82 Å². The number of hydrogen-bond acceptors (Lipinski definition) is 4. The molecule has 3 nitrogen and oxygen atoms in total. The van der Waals surface area contributed by atoms with Crippen molar-refractivity contribution in [3.8, 4) is 0 Å². The lowest BCUT2D eigenvalue weighted by atomic mass is 10.4. The number of nitrogens with zero attached hydrogens (tertiary/aromatic N) is 1. The fourth-order valence-electron chi connectivity index (χ4n) is 1.31. The van der Waals surface area contributed by atoms with E-state index in [0.717, 1.165) is 12.4 Å². The highest BCUT2D eigenvalue weighted by Crippen LogP contribution is 2.16. The number of aromatic nitrogens is 1. The van der Waals surface area contributed by atoms with Crippen molar-refractivity contribution < 1.29 is 0 Å². The van der Waals surface area contributed by atoms with Gasteiger partial charge in [-0.3, -0.25) is 0 Å². The zero-order valence-corrected chi connectivity index (χ0v) is 9.34. The monoisotopic (exact) mass is 219 g/mol. The van der Waals surface area contributed by atoms with Gasteiger partial charge in [0.05, 0.1) is 6.54 Å². The van der Waals surface area contributed by atoms with Crippen LogP contribution in [0.4, 0.5) is 11.6 Å². The largest absolute Gasteiger partial charge is 0.384 e. The summed E-state index contributed by atoms with van der Waals surface area (Å²) in [5.74, 6) is 1.36. The van der Waals surface area contributed by atoms with Crippen molar-refractivity contribution >= 4 is 23.0 Å². The highest BCUT2D eigenvalue weighted by molar-refractivity contribution is 7.11. The van der Waals surface area contributed by atoms with Crippen molar-refractivity contribution in [3.05, 3.63) is 40.1 Å². The van der Waals surface area contributed by atoms with Gasteiger partial charge in [-0.15, -0.1) is 11.3 Å². The Morgan fingerprint density at radius 3 is 2.87 bits per heavy atom. The van der Waals surface area contributed by atoms with E-state index in [1.807, 2.05) is 12.1 Å². The number of thiophene rings is 1. The van der Waals surface area contributed by atoms with Crippen LogP contribution in [-0.2, 0) is 6.54 Å². The maximum Gasteiger partial charge on any atom is 0.128 e. The minimum Gasteiger partial charge on any atom is -0.384 e. The first-order valence-corrected chi connectivity index (χ1v) is 5.57. The lowest BCUT2D eigenvalue weighted by Crippen LogP contribution is -2.01. The van der Waals surface area contributed by atoms with Crippen molar-refractivity contribution in [2.75, 3.05) is 11.1 Å². The Hall–Kier alpha value is -1.55. The Bertz CT molecular complexity index is 451. The second kappa shape index (κ2) is 4.31. The van der Waals surface area contributed by atoms with Crippen LogP contribution in [0.25, 0.3) is 0 Å². The number of nitrogens with two attached hydrogens (primary N) is 1. The smallest absolute Gasteiger partial charge is 0.128 e. The molecule has 0 aromatic carbocycles. The van der Waals surface area contributed by atoms with Crippen LogP contribution in [0.2, 0.25) is 0 Å². The molecule has 0 saturated heterocycles. The van der Waals surface area contributed by atoms with Crippen molar-refractivity contribution in [3.63, 3.8) is 0 Å². The third-order valence-electron chi connectivity index (χ3n) is 2.01. The highest BCUT2D eigenvalue weighted by Gasteiger charge is 1.97. The number of nitrogen functional groups attached to an aromatic ring is 1. The Balaban J connectivity index is 1.99. The quantitative estimate of drug-likeness (QED) is 0.834. The lowest BCUT2D eigenvalue weighted by Gasteiger charge is -2.03. The molecule has 4 heteroatoms. The zero-order valence-electron chi connectivity index (χ0n) is 8.53. The minimum absolute atomic E-state index is 0.544. The van der Waals surface area contributed by atoms with Gasteiger partial charge in [0.25, 0.3) is 0 Å². The van der Waals surface area contributed by atoms with Crippen LogP contribution >= 0.6 is 11.3 Å². The van der Waals surface area contributed by atoms with E-state index in [9.17, 15) is 0 Å². The van der Waals surface area contributed by atoms with Gasteiger partial charge >= 0.3 is 0 Å². The van der Waals surface area contributed by atoms with Crippen molar-refractivity contribution in [2.24, 2.45) is 0 Å². The molecule has 2 heterocycles. The van der Waals surface area contributed by atoms with Crippen molar-refractivity contribution in [2.45, 2.75) is 13.5 Å². The third-order valence-corrected chi connectivity index (χ3v) is 3.01. The van der Waals surface area contributed by atoms with Crippen LogP contribution in [0, 0.1) is 6.92 Å². The summed E-state index contributed by atoms with van der Waals surface area (Å²) in [6, 6.07) is 9.83. The first kappa shape index (κ1) is 9.98. The van der Waals surface area contributed by atoms with Gasteiger partial charge in [0.1, 0.15) is 11.6 Å². The van der Waals surface area contributed by atoms with Gasteiger partial charge in [-0.05, 0) is 31.2 Å². The number of aryl methyl sites for hydroxylation is 1. The molecule has 2 aromatic heterocycles. The van der Waals surface area contributed by atoms with Gasteiger partial charge < -0.3 is 11.1 Å². The Morgan fingerprint density at radius 2 is 2.20 bits per heavy atom. The van der Waals surface area contributed by atoms with E-state index >= 15 is 0 Å². The number of nitrogens with one attached hydrogen (secondary N) is 1. The Morgan fingerprint density at radius 1 is 1.33 bits per heavy atom. The molecule has 0 unspecified atom stereocenters. The summed E-state index contributed by atoms with van der Waals surface area (Å²) in [4.78, 5) is 6.80. The van der Waals surface area contributed by atoms with E-state index < -0.39 is 0 Å². The van der Waals surface area contributed by atoms with Crippen molar-refractivity contribution in [1.29, 1.82) is 0 Å². The van der Waals surface area contributed by atoms with Crippen LogP contribution in [0.15, 0.2) is 30.3 Å². The molecule has 15 heavy (non-hydrogen) atoms. The summed E-state index contributed by atoms with van der Waals surface area (Å²) in [5.41, 5.74) is 5.58. The SMILES string of the molecule is Cc1ccc(CNc2cccc(N)n2)s1. The second-order valence-corrected chi connectivity index (χ2v) is 4.69. The predicted molar refractivity (Wildman–Crippen MR) is 65.0 cm³/mol. The van der Waals surface area contributed by atoms with Crippen molar-refractivity contribution in [1.82, 2.24) is 4.98 Å². The average Bonchev–Trinajstić information content (AvgIpc) is 2.62. The maximum absolute atomic E-state index is 5.58. The van der Waals surface area contributed by atoms with E-state index in [1.54, 1.807) is 17.4 Å². The van der Waals surface area contributed by atoms with Crippen LogP contribution in [-0.4, -0.2) is 4.98 Å². The van der Waals surface area contributed by atoms with E-state index in [1.165, 1.54) is 9.75 Å². The maximum atomic E-state index is 5.58. The molecule has 0 amide bonds. The van der Waals surface area contributed by atoms with Crippen LogP contribution in [0.5, 0.6) is 0 Å². The first-order valence-electron chi connectivity index (χ1n) is 4.76. The molecule has 0 aliphatic heterocycles. The van der Waals surface area contributed by atoms with Gasteiger partial charge in [0, 0.05) is 9.75 Å². The first-order chi connectivity index (χ1) is 7.24. The summed E-state index contributed by atoms with van der Waals surface area (Å²) < 4.78 is 0. The van der Waals surface area contributed by atoms with E-state index in [2.05, 4.69) is 29.4 Å². The zero-order chi connectivity index (χ0) is 10.7. The normalized spacial score (nSPS) is 10.2. The van der Waals surface area contributed by atoms with Gasteiger partial charge in [-0.2, -0.15) is 0 Å². The molecule has 0 radical (unpaired) electrons. The van der Waals surface area contributed by atoms with E-state index in [4.69, 9.17) is 5.73 Å². The lowest BCUT2D eigenvalue weighted by molar-refractivity contribution is 1.14. The molecule has 0 fully saturated rings. The molecule has 2 aromatic rings. The van der Waals surface area contributed by atoms with E-state index in [-0.39, 0.29) is 0 Å². The number of anilines is 2. The Labute approximate surface area is 93.0 Å². The average molecular weight is 219 g/mol. The summed E-state index contributed by atoms with van der Waals surface area (Å²) in [6.45, 7) is 2.90. The van der Waals surface area contributed by atoms with Gasteiger partial charge in [0.2, 0.25) is 0 Å². The minimum atomic E-state index is 0.544. The molecule has 0 saturated carbocycles. The summed E-state index contributed by atoms with van der Waals surface area (Å²) >= 11 is 1.79. The topological polar surface area (TPSA) is 50.9 Å². The molecule has 0 bridgehead atoms. The molecule has 3 N–H and O–H groups in total. The molecule has 2 rings (SSSR count). The number of hydrogen-bond donors (Lipinski definition) is 2. The fourth-order valence-corrected chi connectivity index (χ4v) is 2.14. The van der Waals surface area contributed by atoms with Gasteiger partial charge in [0.15, 0.2) is 0 Å². The molecule has 78 valence electrons. The summed E-state index contributed by atoms with van der Waals surface area (Å²) in [7, 11) is 0. The molecule has 0 spiro atoms. The molecule has 0 aliphatic carbocycles. The number of pyridine rings is 1. The molecule has 0 aliphatic rings. The standard InChI is InChI=1S/C11H13N3S/c1-8-5-6-9(15-8)7-13-11-4-2-3-10(12)14-11/h2-6H,7H2,1H3,(H3,12,13,14). The summed E-state index contributed by atoms with van der Waals surface area (Å²) in [6.07, 6.45) is 0.